The average Bonchev–Trinajstić information content (AvgIpc) is 3.18. The molecule has 3 aromatic rings. The Balaban J connectivity index is 1.61. The number of carbonyl (C=O) groups is 1. The lowest BCUT2D eigenvalue weighted by Crippen LogP contribution is -2.48. The molecule has 0 radical (unpaired) electrons. The summed E-state index contributed by atoms with van der Waals surface area (Å²) in [5, 5.41) is 0.537. The molecular formula is C22H24FN3O3S. The van der Waals surface area contributed by atoms with Gasteiger partial charge in [-0.3, -0.25) is 9.69 Å². The number of fused-ring (bicyclic) bond motifs is 2. The molecule has 0 saturated heterocycles. The van der Waals surface area contributed by atoms with Crippen LogP contribution in [0.2, 0.25) is 0 Å². The number of aromatic nitrogens is 1. The molecule has 0 saturated carbocycles. The predicted octanol–water partition coefficient (Wildman–Crippen LogP) is 3.95. The lowest BCUT2D eigenvalue weighted by atomic mass is 10.2. The lowest BCUT2D eigenvalue weighted by Gasteiger charge is -2.30. The van der Waals surface area contributed by atoms with Crippen LogP contribution in [0.25, 0.3) is 10.2 Å². The molecule has 0 bridgehead atoms. The molecule has 4 rings (SSSR count). The number of benzene rings is 2. The highest BCUT2D eigenvalue weighted by Crippen LogP contribution is 2.33. The highest BCUT2D eigenvalue weighted by Gasteiger charge is 2.33. The van der Waals surface area contributed by atoms with Crippen molar-refractivity contribution in [2.45, 2.75) is 20.0 Å². The van der Waals surface area contributed by atoms with Gasteiger partial charge in [-0.05, 0) is 43.4 Å². The second-order valence-electron chi connectivity index (χ2n) is 6.99. The highest BCUT2D eigenvalue weighted by molar-refractivity contribution is 7.22. The summed E-state index contributed by atoms with van der Waals surface area (Å²) in [6.07, 6.45) is -0.764. The van der Waals surface area contributed by atoms with Crippen molar-refractivity contribution >= 4 is 32.6 Å². The van der Waals surface area contributed by atoms with Gasteiger partial charge >= 0.3 is 0 Å². The van der Waals surface area contributed by atoms with Crippen molar-refractivity contribution in [3.05, 3.63) is 48.3 Å². The number of ether oxygens (including phenoxy) is 2. The van der Waals surface area contributed by atoms with E-state index >= 15 is 0 Å². The molecule has 0 N–H and O–H groups in total. The quantitative estimate of drug-likeness (QED) is 0.569. The SMILES string of the molecule is CCN(CC)CCN(C(=O)C1COc2ccccc2O1)c1nc2ccc(F)cc2s1. The largest absolute Gasteiger partial charge is 0.485 e. The molecule has 1 aliphatic rings. The monoisotopic (exact) mass is 429 g/mol. The van der Waals surface area contributed by atoms with Crippen molar-refractivity contribution in [3.8, 4) is 11.5 Å². The Morgan fingerprint density at radius 3 is 2.70 bits per heavy atom. The van der Waals surface area contributed by atoms with E-state index in [0.717, 1.165) is 13.1 Å². The number of hydrogen-bond donors (Lipinski definition) is 0. The minimum absolute atomic E-state index is 0.136. The Kier molecular flexibility index (Phi) is 6.15. The maximum Gasteiger partial charge on any atom is 0.273 e. The van der Waals surface area contributed by atoms with E-state index in [4.69, 9.17) is 9.47 Å². The number of hydrogen-bond acceptors (Lipinski definition) is 6. The average molecular weight is 430 g/mol. The van der Waals surface area contributed by atoms with Crippen LogP contribution in [0.15, 0.2) is 42.5 Å². The fourth-order valence-electron chi connectivity index (χ4n) is 3.40. The topological polar surface area (TPSA) is 54.9 Å². The Bertz CT molecular complexity index is 1040. The molecule has 0 aliphatic carbocycles. The molecule has 6 nitrogen and oxygen atoms in total. The summed E-state index contributed by atoms with van der Waals surface area (Å²) in [6.45, 7) is 7.25. The van der Waals surface area contributed by atoms with Gasteiger partial charge in [0.2, 0.25) is 6.10 Å². The minimum Gasteiger partial charge on any atom is -0.485 e. The maximum atomic E-state index is 13.6. The Morgan fingerprint density at radius 2 is 1.93 bits per heavy atom. The summed E-state index contributed by atoms with van der Waals surface area (Å²) >= 11 is 1.30. The van der Waals surface area contributed by atoms with E-state index in [2.05, 4.69) is 23.7 Å². The highest BCUT2D eigenvalue weighted by atomic mass is 32.1. The van der Waals surface area contributed by atoms with E-state index in [1.807, 2.05) is 18.2 Å². The first-order valence-electron chi connectivity index (χ1n) is 10.1. The maximum absolute atomic E-state index is 13.6. The molecule has 1 aliphatic heterocycles. The van der Waals surface area contributed by atoms with Crippen molar-refractivity contribution < 1.29 is 18.7 Å². The summed E-state index contributed by atoms with van der Waals surface area (Å²) in [6, 6.07) is 11.8. The number of carbonyl (C=O) groups excluding carboxylic acids is 1. The molecule has 1 atom stereocenters. The van der Waals surface area contributed by atoms with E-state index in [9.17, 15) is 9.18 Å². The Hall–Kier alpha value is -2.71. The van der Waals surface area contributed by atoms with Gasteiger partial charge in [-0.25, -0.2) is 9.37 Å². The molecule has 30 heavy (non-hydrogen) atoms. The molecular weight excluding hydrogens is 405 g/mol. The van der Waals surface area contributed by atoms with Crippen LogP contribution in [0, 0.1) is 5.82 Å². The van der Waals surface area contributed by atoms with Gasteiger partial charge in [0, 0.05) is 13.1 Å². The van der Waals surface area contributed by atoms with Crippen molar-refractivity contribution in [2.24, 2.45) is 0 Å². The Morgan fingerprint density at radius 1 is 1.17 bits per heavy atom. The summed E-state index contributed by atoms with van der Waals surface area (Å²) in [4.78, 5) is 21.9. The van der Waals surface area contributed by atoms with Crippen LogP contribution in [-0.4, -0.2) is 54.7 Å². The van der Waals surface area contributed by atoms with E-state index in [0.29, 0.717) is 39.9 Å². The molecule has 0 fully saturated rings. The van der Waals surface area contributed by atoms with Gasteiger partial charge in [-0.1, -0.05) is 37.3 Å². The first-order valence-corrected chi connectivity index (χ1v) is 10.9. The summed E-state index contributed by atoms with van der Waals surface area (Å²) < 4.78 is 26.0. The number of thiazole rings is 1. The van der Waals surface area contributed by atoms with E-state index in [1.54, 1.807) is 17.0 Å². The molecule has 0 spiro atoms. The number of nitrogens with zero attached hydrogens (tertiary/aromatic N) is 3. The first-order chi connectivity index (χ1) is 14.6. The van der Waals surface area contributed by atoms with Gasteiger partial charge in [-0.2, -0.15) is 0 Å². The van der Waals surface area contributed by atoms with Gasteiger partial charge < -0.3 is 14.4 Å². The third-order valence-electron chi connectivity index (χ3n) is 5.15. The van der Waals surface area contributed by atoms with Crippen molar-refractivity contribution in [1.29, 1.82) is 0 Å². The van der Waals surface area contributed by atoms with Crippen LogP contribution in [-0.2, 0) is 4.79 Å². The molecule has 2 heterocycles. The smallest absolute Gasteiger partial charge is 0.273 e. The number of halogens is 1. The number of para-hydroxylation sites is 2. The minimum atomic E-state index is -0.764. The van der Waals surface area contributed by atoms with Gasteiger partial charge in [0.25, 0.3) is 5.91 Å². The predicted molar refractivity (Wildman–Crippen MR) is 116 cm³/mol. The van der Waals surface area contributed by atoms with Crippen LogP contribution < -0.4 is 14.4 Å². The zero-order chi connectivity index (χ0) is 21.1. The number of anilines is 1. The normalized spacial score (nSPS) is 15.5. The number of likely N-dealkylation sites (N-methyl/N-ethyl adjacent to an activating group) is 1. The third-order valence-corrected chi connectivity index (χ3v) is 6.20. The second-order valence-corrected chi connectivity index (χ2v) is 8.00. The van der Waals surface area contributed by atoms with Gasteiger partial charge in [0.1, 0.15) is 12.4 Å². The van der Waals surface area contributed by atoms with Crippen molar-refractivity contribution in [2.75, 3.05) is 37.7 Å². The lowest BCUT2D eigenvalue weighted by molar-refractivity contribution is -0.127. The molecule has 2 aromatic carbocycles. The standard InChI is InChI=1S/C22H24FN3O3S/c1-3-25(4-2)11-12-26(22-24-16-10-9-15(23)13-20(16)30-22)21(27)19-14-28-17-7-5-6-8-18(17)29-19/h5-10,13,19H,3-4,11-12,14H2,1-2H3. The summed E-state index contributed by atoms with van der Waals surface area (Å²) in [5.41, 5.74) is 0.670. The zero-order valence-electron chi connectivity index (χ0n) is 17.0. The van der Waals surface area contributed by atoms with Crippen LogP contribution >= 0.6 is 11.3 Å². The van der Waals surface area contributed by atoms with E-state index in [1.165, 1.54) is 23.5 Å². The van der Waals surface area contributed by atoms with Gasteiger partial charge in [0.15, 0.2) is 16.6 Å². The molecule has 8 heteroatoms. The number of amides is 1. The summed E-state index contributed by atoms with van der Waals surface area (Å²) in [7, 11) is 0. The van der Waals surface area contributed by atoms with Crippen LogP contribution in [0.5, 0.6) is 11.5 Å². The zero-order valence-corrected chi connectivity index (χ0v) is 17.8. The second kappa shape index (κ2) is 8.97. The van der Waals surface area contributed by atoms with Gasteiger partial charge in [0.05, 0.1) is 10.2 Å². The molecule has 1 amide bonds. The van der Waals surface area contributed by atoms with Crippen LogP contribution in [0.3, 0.4) is 0 Å². The van der Waals surface area contributed by atoms with Gasteiger partial charge in [-0.15, -0.1) is 0 Å². The molecule has 1 unspecified atom stereocenters. The van der Waals surface area contributed by atoms with Crippen molar-refractivity contribution in [3.63, 3.8) is 0 Å². The van der Waals surface area contributed by atoms with E-state index in [-0.39, 0.29) is 18.3 Å². The molecule has 1 aromatic heterocycles. The van der Waals surface area contributed by atoms with Crippen molar-refractivity contribution in [1.82, 2.24) is 9.88 Å². The molecule has 158 valence electrons. The van der Waals surface area contributed by atoms with E-state index < -0.39 is 6.10 Å². The number of rotatable bonds is 7. The fraction of sp³-hybridized carbons (Fsp3) is 0.364. The fourth-order valence-corrected chi connectivity index (χ4v) is 4.42. The van der Waals surface area contributed by atoms with Crippen LogP contribution in [0.1, 0.15) is 13.8 Å². The first kappa shape index (κ1) is 20.6. The summed E-state index contributed by atoms with van der Waals surface area (Å²) in [5.74, 6) is 0.652. The van der Waals surface area contributed by atoms with Crippen LogP contribution in [0.4, 0.5) is 9.52 Å². The Labute approximate surface area is 178 Å². The third kappa shape index (κ3) is 4.24.